The van der Waals surface area contributed by atoms with Crippen molar-refractivity contribution in [2.45, 2.75) is 12.8 Å². The molecule has 0 aliphatic rings. The maximum absolute atomic E-state index is 13.5. The summed E-state index contributed by atoms with van der Waals surface area (Å²) in [7, 11) is 1.53. The standard InChI is InChI=1S/C34H23F3IN3O3/c1-43-30-17-21(16-28(38)31(30)44-20-24-11-6-9-22-8-2-3-13-26(22)24)19-39-41-32(23-10-7-12-25(18-23)34(35,36)37)40-29-15-5-4-14-27(29)33(41)42/h2-19H,20H2,1H3. The Morgan fingerprint density at radius 2 is 1.64 bits per heavy atom. The van der Waals surface area contributed by atoms with Gasteiger partial charge < -0.3 is 9.47 Å². The number of methoxy groups -OCH3 is 1. The molecule has 44 heavy (non-hydrogen) atoms. The smallest absolute Gasteiger partial charge is 0.416 e. The summed E-state index contributed by atoms with van der Waals surface area (Å²) in [4.78, 5) is 18.0. The zero-order valence-corrected chi connectivity index (χ0v) is 25.3. The minimum Gasteiger partial charge on any atom is -0.493 e. The SMILES string of the molecule is COc1cc(C=Nn2c(-c3cccc(C(F)(F)F)c3)nc3ccccc3c2=O)cc(I)c1OCc1cccc2ccccc12. The van der Waals surface area contributed by atoms with E-state index in [0.717, 1.165) is 36.7 Å². The molecule has 0 aliphatic carbocycles. The molecule has 0 radical (unpaired) electrons. The summed E-state index contributed by atoms with van der Waals surface area (Å²) in [6, 6.07) is 28.9. The van der Waals surface area contributed by atoms with Crippen LogP contribution in [0.1, 0.15) is 16.7 Å². The molecule has 1 aromatic heterocycles. The molecule has 6 rings (SSSR count). The molecule has 0 fully saturated rings. The second-order valence-corrected chi connectivity index (χ2v) is 11.0. The monoisotopic (exact) mass is 705 g/mol. The lowest BCUT2D eigenvalue weighted by Gasteiger charge is -2.15. The highest BCUT2D eigenvalue weighted by Gasteiger charge is 2.31. The van der Waals surface area contributed by atoms with E-state index in [2.05, 4.69) is 32.7 Å². The Bertz CT molecular complexity index is 2100. The molecule has 0 unspecified atom stereocenters. The highest BCUT2D eigenvalue weighted by molar-refractivity contribution is 14.1. The van der Waals surface area contributed by atoms with Crippen LogP contribution in [0.15, 0.2) is 113 Å². The van der Waals surface area contributed by atoms with Gasteiger partial charge in [-0.1, -0.05) is 66.7 Å². The first-order chi connectivity index (χ1) is 21.2. The molecule has 1 heterocycles. The molecule has 0 bridgehead atoms. The molecule has 220 valence electrons. The minimum absolute atomic E-state index is 0.0206. The van der Waals surface area contributed by atoms with E-state index < -0.39 is 17.3 Å². The van der Waals surface area contributed by atoms with Crippen molar-refractivity contribution >= 4 is 50.5 Å². The largest absolute Gasteiger partial charge is 0.493 e. The highest BCUT2D eigenvalue weighted by Crippen LogP contribution is 2.35. The zero-order valence-electron chi connectivity index (χ0n) is 23.2. The third kappa shape index (κ3) is 5.89. The molecule has 0 saturated heterocycles. The van der Waals surface area contributed by atoms with Crippen molar-refractivity contribution in [1.82, 2.24) is 9.66 Å². The van der Waals surface area contributed by atoms with E-state index in [4.69, 9.17) is 9.47 Å². The van der Waals surface area contributed by atoms with Crippen molar-refractivity contribution < 1.29 is 22.6 Å². The molecule has 0 atom stereocenters. The van der Waals surface area contributed by atoms with E-state index in [1.165, 1.54) is 25.5 Å². The summed E-state index contributed by atoms with van der Waals surface area (Å²) in [5.74, 6) is 0.987. The predicted molar refractivity (Wildman–Crippen MR) is 173 cm³/mol. The maximum Gasteiger partial charge on any atom is 0.416 e. The minimum atomic E-state index is -4.56. The van der Waals surface area contributed by atoms with Gasteiger partial charge in [0.25, 0.3) is 5.56 Å². The second kappa shape index (κ2) is 12.1. The van der Waals surface area contributed by atoms with Gasteiger partial charge in [0.05, 0.1) is 33.4 Å². The fourth-order valence-electron chi connectivity index (χ4n) is 4.90. The Morgan fingerprint density at radius 1 is 0.909 bits per heavy atom. The second-order valence-electron chi connectivity index (χ2n) is 9.85. The van der Waals surface area contributed by atoms with Crippen molar-refractivity contribution in [3.8, 4) is 22.9 Å². The van der Waals surface area contributed by atoms with Crippen LogP contribution in [-0.2, 0) is 12.8 Å². The summed E-state index contributed by atoms with van der Waals surface area (Å²) >= 11 is 2.14. The number of hydrogen-bond donors (Lipinski definition) is 0. The number of rotatable bonds is 7. The van der Waals surface area contributed by atoms with Crippen molar-refractivity contribution in [3.63, 3.8) is 0 Å². The van der Waals surface area contributed by atoms with Crippen LogP contribution in [0.25, 0.3) is 33.1 Å². The Labute approximate surface area is 263 Å². The van der Waals surface area contributed by atoms with E-state index >= 15 is 0 Å². The first kappa shape index (κ1) is 29.4. The Kier molecular flexibility index (Phi) is 8.09. The summed E-state index contributed by atoms with van der Waals surface area (Å²) in [6.45, 7) is 0.319. The average Bonchev–Trinajstić information content (AvgIpc) is 3.03. The zero-order chi connectivity index (χ0) is 30.8. The van der Waals surface area contributed by atoms with Crippen LogP contribution in [0.5, 0.6) is 11.5 Å². The average molecular weight is 705 g/mol. The van der Waals surface area contributed by atoms with Gasteiger partial charge in [0.15, 0.2) is 17.3 Å². The van der Waals surface area contributed by atoms with Crippen LogP contribution in [0.2, 0.25) is 0 Å². The number of nitrogens with zero attached hydrogens (tertiary/aromatic N) is 3. The third-order valence-corrected chi connectivity index (χ3v) is 7.83. The van der Waals surface area contributed by atoms with Crippen molar-refractivity contribution in [3.05, 3.63) is 134 Å². The number of hydrogen-bond acceptors (Lipinski definition) is 5. The molecule has 5 aromatic carbocycles. The molecule has 6 nitrogen and oxygen atoms in total. The van der Waals surface area contributed by atoms with Gasteiger partial charge in [-0.25, -0.2) is 4.98 Å². The third-order valence-electron chi connectivity index (χ3n) is 7.03. The highest BCUT2D eigenvalue weighted by atomic mass is 127. The molecule has 0 saturated carbocycles. The predicted octanol–water partition coefficient (Wildman–Crippen LogP) is 8.31. The summed E-state index contributed by atoms with van der Waals surface area (Å²) in [6.07, 6.45) is -3.12. The lowest BCUT2D eigenvalue weighted by atomic mass is 10.1. The van der Waals surface area contributed by atoms with Crippen LogP contribution in [0.4, 0.5) is 13.2 Å². The van der Waals surface area contributed by atoms with E-state index in [1.807, 2.05) is 48.5 Å². The van der Waals surface area contributed by atoms with Gasteiger partial charge in [0.2, 0.25) is 0 Å². The van der Waals surface area contributed by atoms with Gasteiger partial charge in [-0.2, -0.15) is 22.9 Å². The Morgan fingerprint density at radius 3 is 2.43 bits per heavy atom. The van der Waals surface area contributed by atoms with E-state index in [0.29, 0.717) is 29.2 Å². The van der Waals surface area contributed by atoms with Crippen LogP contribution >= 0.6 is 22.6 Å². The number of para-hydroxylation sites is 1. The first-order valence-corrected chi connectivity index (χ1v) is 14.5. The lowest BCUT2D eigenvalue weighted by molar-refractivity contribution is -0.137. The van der Waals surface area contributed by atoms with Gasteiger partial charge in [0, 0.05) is 5.56 Å². The fraction of sp³-hybridized carbons (Fsp3) is 0.0882. The molecular weight excluding hydrogens is 682 g/mol. The van der Waals surface area contributed by atoms with Crippen molar-refractivity contribution in [2.75, 3.05) is 7.11 Å². The van der Waals surface area contributed by atoms with Gasteiger partial charge >= 0.3 is 6.18 Å². The molecule has 0 spiro atoms. The Balaban J connectivity index is 1.37. The molecule has 6 aromatic rings. The summed E-state index contributed by atoms with van der Waals surface area (Å²) in [5.41, 5.74) is 0.683. The molecule has 0 aliphatic heterocycles. The number of halogens is 4. The first-order valence-electron chi connectivity index (χ1n) is 13.4. The van der Waals surface area contributed by atoms with E-state index in [9.17, 15) is 18.0 Å². The van der Waals surface area contributed by atoms with Gasteiger partial charge in [-0.3, -0.25) is 4.79 Å². The van der Waals surface area contributed by atoms with E-state index in [-0.39, 0.29) is 16.8 Å². The Hall–Kier alpha value is -4.71. The maximum atomic E-state index is 13.5. The summed E-state index contributed by atoms with van der Waals surface area (Å²) < 4.78 is 54.1. The topological polar surface area (TPSA) is 65.7 Å². The normalized spacial score (nSPS) is 11.8. The van der Waals surface area contributed by atoms with Crippen molar-refractivity contribution in [1.29, 1.82) is 0 Å². The van der Waals surface area contributed by atoms with Gasteiger partial charge in [-0.05, 0) is 80.9 Å². The van der Waals surface area contributed by atoms with Crippen LogP contribution in [-0.4, -0.2) is 23.0 Å². The van der Waals surface area contributed by atoms with Crippen LogP contribution < -0.4 is 15.0 Å². The number of alkyl halides is 3. The quantitative estimate of drug-likeness (QED) is 0.124. The van der Waals surface area contributed by atoms with Gasteiger partial charge in [-0.15, -0.1) is 0 Å². The van der Waals surface area contributed by atoms with Crippen LogP contribution in [0.3, 0.4) is 0 Å². The van der Waals surface area contributed by atoms with Crippen LogP contribution in [0, 0.1) is 3.57 Å². The molecule has 0 amide bonds. The molecular formula is C34H23F3IN3O3. The molecule has 10 heteroatoms. The van der Waals surface area contributed by atoms with Gasteiger partial charge in [0.1, 0.15) is 6.61 Å². The fourth-order valence-corrected chi connectivity index (χ4v) is 5.68. The number of fused-ring (bicyclic) bond motifs is 2. The molecule has 0 N–H and O–H groups in total. The lowest BCUT2D eigenvalue weighted by Crippen LogP contribution is -2.20. The number of benzene rings is 5. The number of aromatic nitrogens is 2. The summed E-state index contributed by atoms with van der Waals surface area (Å²) in [5, 5.41) is 6.90. The van der Waals surface area contributed by atoms with Crippen molar-refractivity contribution in [2.24, 2.45) is 5.10 Å². The van der Waals surface area contributed by atoms with E-state index in [1.54, 1.807) is 30.3 Å². The number of ether oxygens (including phenoxy) is 2.